The van der Waals surface area contributed by atoms with Gasteiger partial charge in [0.2, 0.25) is 0 Å². The van der Waals surface area contributed by atoms with Crippen LogP contribution < -0.4 is 0 Å². The van der Waals surface area contributed by atoms with Gasteiger partial charge in [-0.2, -0.15) is 0 Å². The minimum atomic E-state index is 0.111. The number of hydrogen-bond acceptors (Lipinski definition) is 2. The van der Waals surface area contributed by atoms with E-state index in [0.29, 0.717) is 17.5 Å². The number of hydrogen-bond donors (Lipinski definition) is 0. The minimum absolute atomic E-state index is 0.111. The summed E-state index contributed by atoms with van der Waals surface area (Å²) < 4.78 is 4.94. The Hall–Kier alpha value is -1.25. The van der Waals surface area contributed by atoms with Gasteiger partial charge in [-0.05, 0) is 24.8 Å². The van der Waals surface area contributed by atoms with Crippen molar-refractivity contribution in [3.63, 3.8) is 0 Å². The molecule has 15 heavy (non-hydrogen) atoms. The first-order valence-electron chi connectivity index (χ1n) is 5.51. The maximum atomic E-state index is 12.1. The van der Waals surface area contributed by atoms with Crippen molar-refractivity contribution in [1.82, 2.24) is 4.90 Å². The smallest absolute Gasteiger partial charge is 0.257 e. The van der Waals surface area contributed by atoms with Crippen LogP contribution in [0.25, 0.3) is 0 Å². The van der Waals surface area contributed by atoms with E-state index in [0.717, 1.165) is 19.4 Å². The first-order chi connectivity index (χ1) is 7.18. The van der Waals surface area contributed by atoms with E-state index in [4.69, 9.17) is 4.42 Å². The van der Waals surface area contributed by atoms with Gasteiger partial charge in [-0.3, -0.25) is 4.79 Å². The van der Waals surface area contributed by atoms with E-state index in [2.05, 4.69) is 13.8 Å². The van der Waals surface area contributed by atoms with Crippen LogP contribution in [0.4, 0.5) is 0 Å². The molecule has 0 unspecified atom stereocenters. The maximum Gasteiger partial charge on any atom is 0.257 e. The van der Waals surface area contributed by atoms with Gasteiger partial charge < -0.3 is 9.32 Å². The molecule has 1 aliphatic rings. The molecular formula is C12H17NO2. The zero-order chi connectivity index (χ0) is 10.8. The van der Waals surface area contributed by atoms with Crippen LogP contribution in [0, 0.1) is 5.92 Å². The molecule has 0 N–H and O–H groups in total. The highest BCUT2D eigenvalue weighted by Gasteiger charge is 2.33. The first kappa shape index (κ1) is 10.3. The Bertz CT molecular complexity index is 325. The maximum absolute atomic E-state index is 12.1. The zero-order valence-corrected chi connectivity index (χ0v) is 9.27. The van der Waals surface area contributed by atoms with Gasteiger partial charge in [-0.1, -0.05) is 13.8 Å². The Kier molecular flexibility index (Phi) is 2.80. The first-order valence-corrected chi connectivity index (χ1v) is 5.51. The molecule has 1 fully saturated rings. The molecule has 3 heteroatoms. The second kappa shape index (κ2) is 4.09. The number of furan rings is 1. The summed E-state index contributed by atoms with van der Waals surface area (Å²) in [5.74, 6) is 0.626. The third kappa shape index (κ3) is 2.41. The second-order valence-electron chi connectivity index (χ2n) is 4.59. The molecule has 1 aromatic heterocycles. The molecule has 82 valence electrons. The average Bonchev–Trinajstić information content (AvgIpc) is 2.88. The van der Waals surface area contributed by atoms with Crippen LogP contribution in [0.5, 0.6) is 0 Å². The van der Waals surface area contributed by atoms with Gasteiger partial charge in [-0.25, -0.2) is 0 Å². The fourth-order valence-electron chi connectivity index (χ4n) is 1.73. The van der Waals surface area contributed by atoms with Crippen LogP contribution in [0.15, 0.2) is 23.0 Å². The molecular weight excluding hydrogens is 190 g/mol. The monoisotopic (exact) mass is 207 g/mol. The average molecular weight is 207 g/mol. The normalized spacial score (nSPS) is 15.7. The van der Waals surface area contributed by atoms with Crippen molar-refractivity contribution in [2.75, 3.05) is 6.54 Å². The summed E-state index contributed by atoms with van der Waals surface area (Å²) >= 11 is 0. The molecule has 1 saturated carbocycles. The molecule has 0 atom stereocenters. The second-order valence-corrected chi connectivity index (χ2v) is 4.59. The van der Waals surface area contributed by atoms with Crippen molar-refractivity contribution in [1.29, 1.82) is 0 Å². The van der Waals surface area contributed by atoms with Crippen molar-refractivity contribution in [3.05, 3.63) is 24.2 Å². The Morgan fingerprint density at radius 2 is 2.33 bits per heavy atom. The van der Waals surface area contributed by atoms with Crippen LogP contribution >= 0.6 is 0 Å². The van der Waals surface area contributed by atoms with Crippen LogP contribution in [-0.2, 0) is 0 Å². The van der Waals surface area contributed by atoms with Crippen molar-refractivity contribution in [2.24, 2.45) is 5.92 Å². The van der Waals surface area contributed by atoms with Gasteiger partial charge in [-0.15, -0.1) is 0 Å². The van der Waals surface area contributed by atoms with Gasteiger partial charge >= 0.3 is 0 Å². The van der Waals surface area contributed by atoms with E-state index in [-0.39, 0.29) is 5.91 Å². The van der Waals surface area contributed by atoms with E-state index in [9.17, 15) is 4.79 Å². The van der Waals surface area contributed by atoms with E-state index in [1.54, 1.807) is 12.3 Å². The Morgan fingerprint density at radius 3 is 2.80 bits per heavy atom. The topological polar surface area (TPSA) is 33.5 Å². The summed E-state index contributed by atoms with van der Waals surface area (Å²) in [5, 5.41) is 0. The van der Waals surface area contributed by atoms with Gasteiger partial charge in [0.25, 0.3) is 5.91 Å². The number of nitrogens with zero attached hydrogens (tertiary/aromatic N) is 1. The molecule has 0 bridgehead atoms. The predicted octanol–water partition coefficient (Wildman–Crippen LogP) is 2.54. The molecule has 1 aliphatic carbocycles. The van der Waals surface area contributed by atoms with Crippen molar-refractivity contribution >= 4 is 5.91 Å². The number of amides is 1. The Balaban J connectivity index is 2.07. The highest BCUT2D eigenvalue weighted by molar-refractivity contribution is 5.94. The summed E-state index contributed by atoms with van der Waals surface area (Å²) in [6.45, 7) is 5.12. The lowest BCUT2D eigenvalue weighted by molar-refractivity contribution is 0.0722. The third-order valence-electron chi connectivity index (χ3n) is 2.58. The number of carbonyl (C=O) groups is 1. The lowest BCUT2D eigenvalue weighted by Gasteiger charge is -2.23. The van der Waals surface area contributed by atoms with Gasteiger partial charge in [0, 0.05) is 12.6 Å². The summed E-state index contributed by atoms with van der Waals surface area (Å²) in [6.07, 6.45) is 5.37. The van der Waals surface area contributed by atoms with Crippen LogP contribution in [0.3, 0.4) is 0 Å². The quantitative estimate of drug-likeness (QED) is 0.760. The molecule has 0 spiro atoms. The van der Waals surface area contributed by atoms with Gasteiger partial charge in [0.15, 0.2) is 0 Å². The van der Waals surface area contributed by atoms with Crippen LogP contribution in [-0.4, -0.2) is 23.4 Å². The van der Waals surface area contributed by atoms with Crippen LogP contribution in [0.2, 0.25) is 0 Å². The number of carbonyl (C=O) groups excluding carboxylic acids is 1. The lowest BCUT2D eigenvalue weighted by atomic mass is 10.2. The molecule has 3 nitrogen and oxygen atoms in total. The summed E-state index contributed by atoms with van der Waals surface area (Å²) in [6, 6.07) is 2.20. The van der Waals surface area contributed by atoms with E-state index >= 15 is 0 Å². The summed E-state index contributed by atoms with van der Waals surface area (Å²) in [4.78, 5) is 14.1. The third-order valence-corrected chi connectivity index (χ3v) is 2.58. The highest BCUT2D eigenvalue weighted by atomic mass is 16.3. The molecule has 2 rings (SSSR count). The molecule has 0 aliphatic heterocycles. The van der Waals surface area contributed by atoms with Crippen molar-refractivity contribution in [2.45, 2.75) is 32.7 Å². The van der Waals surface area contributed by atoms with Crippen molar-refractivity contribution < 1.29 is 9.21 Å². The fraction of sp³-hybridized carbons (Fsp3) is 0.583. The Morgan fingerprint density at radius 1 is 1.60 bits per heavy atom. The molecule has 1 amide bonds. The summed E-state index contributed by atoms with van der Waals surface area (Å²) in [5.41, 5.74) is 0.669. The summed E-state index contributed by atoms with van der Waals surface area (Å²) in [7, 11) is 0. The predicted molar refractivity (Wildman–Crippen MR) is 57.6 cm³/mol. The van der Waals surface area contributed by atoms with E-state index in [1.807, 2.05) is 4.90 Å². The molecule has 0 radical (unpaired) electrons. The SMILES string of the molecule is CC(C)CN(C(=O)c1ccoc1)C1CC1. The fourth-order valence-corrected chi connectivity index (χ4v) is 1.73. The molecule has 1 aromatic rings. The van der Waals surface area contributed by atoms with Gasteiger partial charge in [0.05, 0.1) is 11.8 Å². The lowest BCUT2D eigenvalue weighted by Crippen LogP contribution is -2.35. The Labute approximate surface area is 90.1 Å². The molecule has 0 aromatic carbocycles. The molecule has 1 heterocycles. The van der Waals surface area contributed by atoms with E-state index in [1.165, 1.54) is 6.26 Å². The standard InChI is InChI=1S/C12H17NO2/c1-9(2)7-13(11-3-4-11)12(14)10-5-6-15-8-10/h5-6,8-9,11H,3-4,7H2,1-2H3. The van der Waals surface area contributed by atoms with Crippen molar-refractivity contribution in [3.8, 4) is 0 Å². The van der Waals surface area contributed by atoms with Gasteiger partial charge in [0.1, 0.15) is 6.26 Å². The number of rotatable bonds is 4. The highest BCUT2D eigenvalue weighted by Crippen LogP contribution is 2.29. The minimum Gasteiger partial charge on any atom is -0.472 e. The largest absolute Gasteiger partial charge is 0.472 e. The zero-order valence-electron chi connectivity index (χ0n) is 9.27. The molecule has 0 saturated heterocycles. The van der Waals surface area contributed by atoms with E-state index < -0.39 is 0 Å². The van der Waals surface area contributed by atoms with Crippen LogP contribution in [0.1, 0.15) is 37.0 Å².